The van der Waals surface area contributed by atoms with E-state index in [9.17, 15) is 4.57 Å². The Kier molecular flexibility index (Phi) is 25.5. The maximum atomic E-state index is 13.5. The van der Waals surface area contributed by atoms with Crippen molar-refractivity contribution >= 4 is 24.2 Å². The third kappa shape index (κ3) is 21.3. The van der Waals surface area contributed by atoms with Gasteiger partial charge in [-0.25, -0.2) is 0 Å². The Labute approximate surface area is 183 Å². The average molecular weight is 468 g/mol. The van der Waals surface area contributed by atoms with Gasteiger partial charge >= 0.3 is 17.1 Å². The molecule has 0 aliphatic heterocycles. The molecule has 0 N–H and O–H groups in total. The van der Waals surface area contributed by atoms with Gasteiger partial charge in [0, 0.05) is 18.5 Å². The summed E-state index contributed by atoms with van der Waals surface area (Å²) < 4.78 is 13.5. The van der Waals surface area contributed by atoms with Crippen molar-refractivity contribution in [1.82, 2.24) is 0 Å². The van der Waals surface area contributed by atoms with Crippen molar-refractivity contribution in [2.75, 3.05) is 18.5 Å². The Morgan fingerprint density at radius 3 is 0.889 bits per heavy atom. The fraction of sp³-hybridized carbons (Fsp3) is 1.00. The SMILES string of the molecule is CCCCCCCCP(=O)(CCCCCCCC)CCCCCCCC.[SeH2]. The van der Waals surface area contributed by atoms with E-state index >= 15 is 0 Å². The second kappa shape index (κ2) is 23.0. The molecule has 0 atom stereocenters. The Bertz CT molecular complexity index is 272. The summed E-state index contributed by atoms with van der Waals surface area (Å²) in [6.45, 7) is 6.82. The zero-order valence-electron chi connectivity index (χ0n) is 19.2. The standard InChI is InChI=1S/C24H51OP.H2Se/c1-4-7-10-13-16-19-22-26(25,23-20-17-14-11-8-5-2)24-21-18-15-12-9-6-3;/h4-24H2,1-3H3;1H2. The molecular weight excluding hydrogens is 414 g/mol. The van der Waals surface area contributed by atoms with E-state index in [1.54, 1.807) is 0 Å². The van der Waals surface area contributed by atoms with E-state index in [1.807, 2.05) is 0 Å². The van der Waals surface area contributed by atoms with E-state index < -0.39 is 7.14 Å². The number of hydrogen-bond acceptors (Lipinski definition) is 1. The van der Waals surface area contributed by atoms with Gasteiger partial charge in [0.15, 0.2) is 0 Å². The van der Waals surface area contributed by atoms with Crippen molar-refractivity contribution in [3.05, 3.63) is 0 Å². The molecule has 0 aromatic heterocycles. The maximum absolute atomic E-state index is 13.5. The van der Waals surface area contributed by atoms with Crippen molar-refractivity contribution < 1.29 is 4.57 Å². The number of unbranched alkanes of at least 4 members (excludes halogenated alkanes) is 15. The molecule has 0 aromatic carbocycles. The minimum atomic E-state index is -1.89. The van der Waals surface area contributed by atoms with Gasteiger partial charge in [-0.2, -0.15) is 0 Å². The summed E-state index contributed by atoms with van der Waals surface area (Å²) in [5.74, 6) is 0. The molecule has 0 aromatic rings. The van der Waals surface area contributed by atoms with Crippen LogP contribution in [0.1, 0.15) is 136 Å². The monoisotopic (exact) mass is 468 g/mol. The van der Waals surface area contributed by atoms with Crippen molar-refractivity contribution in [2.45, 2.75) is 136 Å². The molecule has 27 heavy (non-hydrogen) atoms. The van der Waals surface area contributed by atoms with Crippen LogP contribution < -0.4 is 0 Å². The zero-order chi connectivity index (χ0) is 19.3. The Balaban J connectivity index is 0. The van der Waals surface area contributed by atoms with Gasteiger partial charge in [-0.1, -0.05) is 117 Å². The molecule has 0 saturated carbocycles. The van der Waals surface area contributed by atoms with Gasteiger partial charge in [-0.15, -0.1) is 0 Å². The predicted molar refractivity (Wildman–Crippen MR) is 131 cm³/mol. The third-order valence-corrected chi connectivity index (χ3v) is 9.15. The van der Waals surface area contributed by atoms with E-state index in [2.05, 4.69) is 20.8 Å². The van der Waals surface area contributed by atoms with E-state index in [-0.39, 0.29) is 17.1 Å². The fourth-order valence-corrected chi connectivity index (χ4v) is 6.95. The van der Waals surface area contributed by atoms with Crippen molar-refractivity contribution in [3.63, 3.8) is 0 Å². The third-order valence-electron chi connectivity index (χ3n) is 5.76. The summed E-state index contributed by atoms with van der Waals surface area (Å²) in [6.07, 6.45) is 26.9. The Morgan fingerprint density at radius 2 is 0.630 bits per heavy atom. The molecule has 0 radical (unpaired) electrons. The van der Waals surface area contributed by atoms with Gasteiger partial charge < -0.3 is 4.57 Å². The molecule has 0 saturated heterocycles. The molecule has 0 unspecified atom stereocenters. The van der Waals surface area contributed by atoms with Gasteiger partial charge in [0.05, 0.1) is 7.14 Å². The molecule has 0 aliphatic carbocycles. The van der Waals surface area contributed by atoms with Crippen LogP contribution >= 0.6 is 7.14 Å². The molecule has 3 heteroatoms. The van der Waals surface area contributed by atoms with Crippen LogP contribution in [-0.2, 0) is 4.57 Å². The summed E-state index contributed by atoms with van der Waals surface area (Å²) in [5, 5.41) is 0. The molecular formula is C24H53OPSe. The topological polar surface area (TPSA) is 17.1 Å². The Hall–Kier alpha value is 0.749. The summed E-state index contributed by atoms with van der Waals surface area (Å²) in [7, 11) is -1.89. The molecule has 0 spiro atoms. The van der Waals surface area contributed by atoms with Gasteiger partial charge in [0.25, 0.3) is 0 Å². The second-order valence-electron chi connectivity index (χ2n) is 8.53. The summed E-state index contributed by atoms with van der Waals surface area (Å²) >= 11 is 0. The van der Waals surface area contributed by atoms with Crippen molar-refractivity contribution in [2.24, 2.45) is 0 Å². The first kappa shape index (κ1) is 29.9. The Morgan fingerprint density at radius 1 is 0.407 bits per heavy atom. The van der Waals surface area contributed by atoms with Crippen LogP contribution in [0.25, 0.3) is 0 Å². The molecule has 0 bridgehead atoms. The fourth-order valence-electron chi connectivity index (χ4n) is 3.88. The van der Waals surface area contributed by atoms with Gasteiger partial charge in [-0.05, 0) is 19.3 Å². The van der Waals surface area contributed by atoms with Crippen LogP contribution in [0, 0.1) is 0 Å². The minimum absolute atomic E-state index is 0. The number of rotatable bonds is 21. The van der Waals surface area contributed by atoms with Crippen LogP contribution in [0.3, 0.4) is 0 Å². The van der Waals surface area contributed by atoms with Crippen LogP contribution in [0.4, 0.5) is 0 Å². The second-order valence-corrected chi connectivity index (χ2v) is 12.0. The molecule has 0 fully saturated rings. The van der Waals surface area contributed by atoms with Gasteiger partial charge in [0.1, 0.15) is 0 Å². The number of hydrogen-bond donors (Lipinski definition) is 0. The van der Waals surface area contributed by atoms with Crippen molar-refractivity contribution in [3.8, 4) is 0 Å². The molecule has 0 heterocycles. The molecule has 0 aliphatic rings. The van der Waals surface area contributed by atoms with Gasteiger partial charge in [0.2, 0.25) is 0 Å². The van der Waals surface area contributed by atoms with Crippen LogP contribution in [0.15, 0.2) is 0 Å². The average Bonchev–Trinajstić information content (AvgIpc) is 2.64. The van der Waals surface area contributed by atoms with E-state index in [0.29, 0.717) is 0 Å². The summed E-state index contributed by atoms with van der Waals surface area (Å²) in [5.41, 5.74) is 0. The molecule has 0 amide bonds. The van der Waals surface area contributed by atoms with E-state index in [0.717, 1.165) is 18.5 Å². The molecule has 166 valence electrons. The zero-order valence-corrected chi connectivity index (χ0v) is 22.2. The first-order chi connectivity index (χ1) is 12.7. The normalized spacial score (nSPS) is 11.5. The predicted octanol–water partition coefficient (Wildman–Crippen LogP) is 8.51. The van der Waals surface area contributed by atoms with Crippen LogP contribution in [0.2, 0.25) is 0 Å². The van der Waals surface area contributed by atoms with E-state index in [1.165, 1.54) is 116 Å². The summed E-state index contributed by atoms with van der Waals surface area (Å²) in [4.78, 5) is 0. The summed E-state index contributed by atoms with van der Waals surface area (Å²) in [6, 6.07) is 0. The van der Waals surface area contributed by atoms with Crippen LogP contribution in [-0.4, -0.2) is 35.6 Å². The molecule has 1 nitrogen and oxygen atoms in total. The first-order valence-electron chi connectivity index (χ1n) is 12.3. The van der Waals surface area contributed by atoms with Gasteiger partial charge in [-0.3, -0.25) is 0 Å². The first-order valence-corrected chi connectivity index (χ1v) is 14.5. The quantitative estimate of drug-likeness (QED) is 0.0939. The van der Waals surface area contributed by atoms with Crippen molar-refractivity contribution in [1.29, 1.82) is 0 Å². The van der Waals surface area contributed by atoms with Crippen LogP contribution in [0.5, 0.6) is 0 Å². The molecule has 0 rings (SSSR count). The van der Waals surface area contributed by atoms with E-state index in [4.69, 9.17) is 0 Å².